The van der Waals surface area contributed by atoms with Gasteiger partial charge in [-0.15, -0.1) is 0 Å². The highest BCUT2D eigenvalue weighted by atomic mass is 32.1. The molecule has 1 aromatic carbocycles. The maximum atomic E-state index is 13.5. The predicted molar refractivity (Wildman–Crippen MR) is 69.0 cm³/mol. The minimum Gasteiger partial charge on any atom is -0.343 e. The number of nitrogens with one attached hydrogen (secondary N) is 1. The van der Waals surface area contributed by atoms with Gasteiger partial charge in [-0.2, -0.15) is 0 Å². The fourth-order valence-electron chi connectivity index (χ4n) is 1.79. The molecule has 0 amide bonds. The van der Waals surface area contributed by atoms with Crippen LogP contribution in [0, 0.1) is 31.2 Å². The minimum atomic E-state index is -0.212. The van der Waals surface area contributed by atoms with Crippen molar-refractivity contribution in [1.82, 2.24) is 9.97 Å². The maximum absolute atomic E-state index is 13.5. The van der Waals surface area contributed by atoms with Crippen molar-refractivity contribution in [2.24, 2.45) is 0 Å². The van der Waals surface area contributed by atoms with Crippen LogP contribution in [0.1, 0.15) is 17.0 Å². The average Bonchev–Trinajstić information content (AvgIpc) is 2.27. The van der Waals surface area contributed by atoms with Crippen molar-refractivity contribution in [1.29, 1.82) is 0 Å². The lowest BCUT2D eigenvalue weighted by atomic mass is 10.0. The van der Waals surface area contributed by atoms with Crippen molar-refractivity contribution in [2.75, 3.05) is 0 Å². The van der Waals surface area contributed by atoms with Gasteiger partial charge in [0.05, 0.1) is 5.69 Å². The van der Waals surface area contributed by atoms with Crippen molar-refractivity contribution < 1.29 is 4.39 Å². The Hall–Kier alpha value is -1.55. The summed E-state index contributed by atoms with van der Waals surface area (Å²) in [6, 6.07) is 5.03. The zero-order valence-electron chi connectivity index (χ0n) is 9.97. The van der Waals surface area contributed by atoms with E-state index >= 15 is 0 Å². The number of aromatic amines is 1. The molecular weight excluding hydrogens is 235 g/mol. The molecule has 2 rings (SSSR count). The van der Waals surface area contributed by atoms with Gasteiger partial charge in [0.2, 0.25) is 0 Å². The van der Waals surface area contributed by atoms with E-state index in [1.165, 1.54) is 6.07 Å². The molecule has 0 saturated heterocycles. The van der Waals surface area contributed by atoms with Gasteiger partial charge >= 0.3 is 0 Å². The number of H-pyrrole nitrogens is 1. The third-order valence-corrected chi connectivity index (χ3v) is 3.21. The lowest BCUT2D eigenvalue weighted by molar-refractivity contribution is 0.619. The van der Waals surface area contributed by atoms with Gasteiger partial charge in [-0.05, 0) is 32.4 Å². The molecule has 0 unspecified atom stereocenters. The summed E-state index contributed by atoms with van der Waals surface area (Å²) < 4.78 is 14.1. The Morgan fingerprint density at radius 1 is 1.18 bits per heavy atom. The van der Waals surface area contributed by atoms with Gasteiger partial charge in [0.1, 0.15) is 16.3 Å². The molecule has 0 aliphatic carbocycles. The third kappa shape index (κ3) is 2.13. The van der Waals surface area contributed by atoms with E-state index in [4.69, 9.17) is 12.2 Å². The summed E-state index contributed by atoms with van der Waals surface area (Å²) in [6.45, 7) is 5.50. The first-order valence-corrected chi connectivity index (χ1v) is 5.74. The summed E-state index contributed by atoms with van der Waals surface area (Å²) in [7, 11) is 0. The summed E-state index contributed by atoms with van der Waals surface area (Å²) >= 11 is 5.18. The van der Waals surface area contributed by atoms with Crippen molar-refractivity contribution in [3.05, 3.63) is 45.6 Å². The van der Waals surface area contributed by atoms with Crippen molar-refractivity contribution >= 4 is 12.2 Å². The monoisotopic (exact) mass is 248 g/mol. The molecule has 0 bridgehead atoms. The first-order chi connectivity index (χ1) is 8.00. The van der Waals surface area contributed by atoms with Gasteiger partial charge in [0.15, 0.2) is 0 Å². The summed E-state index contributed by atoms with van der Waals surface area (Å²) in [5, 5.41) is 0. The molecular formula is C13H13FN2S. The summed E-state index contributed by atoms with van der Waals surface area (Å²) in [6.07, 6.45) is 0. The molecule has 0 radical (unpaired) electrons. The highest BCUT2D eigenvalue weighted by molar-refractivity contribution is 7.71. The SMILES string of the molecule is Cc1nc(=S)c(C)c(-c2cccc(F)c2C)[nH]1. The largest absolute Gasteiger partial charge is 0.343 e. The number of benzene rings is 1. The van der Waals surface area contributed by atoms with E-state index in [1.54, 1.807) is 13.0 Å². The van der Waals surface area contributed by atoms with Crippen LogP contribution >= 0.6 is 12.2 Å². The molecule has 17 heavy (non-hydrogen) atoms. The predicted octanol–water partition coefficient (Wildman–Crippen LogP) is 3.87. The molecule has 1 aromatic heterocycles. The van der Waals surface area contributed by atoms with E-state index in [0.717, 1.165) is 22.6 Å². The third-order valence-electron chi connectivity index (χ3n) is 2.81. The lowest BCUT2D eigenvalue weighted by Crippen LogP contribution is -1.98. The summed E-state index contributed by atoms with van der Waals surface area (Å²) in [5.41, 5.74) is 3.17. The number of rotatable bonds is 1. The van der Waals surface area contributed by atoms with Crippen LogP contribution in [0.3, 0.4) is 0 Å². The molecule has 1 N–H and O–H groups in total. The normalized spacial score (nSPS) is 10.6. The van der Waals surface area contributed by atoms with Crippen molar-refractivity contribution in [3.8, 4) is 11.3 Å². The number of nitrogens with zero attached hydrogens (tertiary/aromatic N) is 1. The number of hydrogen-bond donors (Lipinski definition) is 1. The zero-order chi connectivity index (χ0) is 12.6. The van der Waals surface area contributed by atoms with Gasteiger partial charge in [-0.25, -0.2) is 9.37 Å². The Morgan fingerprint density at radius 3 is 2.59 bits per heavy atom. The molecule has 2 aromatic rings. The average molecular weight is 248 g/mol. The number of aromatic nitrogens is 2. The standard InChI is InChI=1S/C13H13FN2S/c1-7-10(5-4-6-11(7)14)12-8(2)13(17)16-9(3)15-12/h4-6H,1-3H3,(H,15,16,17). The second-order valence-electron chi connectivity index (χ2n) is 4.04. The molecule has 0 saturated carbocycles. The Morgan fingerprint density at radius 2 is 1.88 bits per heavy atom. The van der Waals surface area contributed by atoms with Crippen molar-refractivity contribution in [3.63, 3.8) is 0 Å². The highest BCUT2D eigenvalue weighted by Gasteiger charge is 2.10. The lowest BCUT2D eigenvalue weighted by Gasteiger charge is -2.10. The Bertz CT molecular complexity index is 632. The zero-order valence-corrected chi connectivity index (χ0v) is 10.8. The second kappa shape index (κ2) is 4.37. The van der Waals surface area contributed by atoms with Gasteiger partial charge in [0.25, 0.3) is 0 Å². The molecule has 0 aliphatic rings. The van der Waals surface area contributed by atoms with E-state index in [1.807, 2.05) is 19.9 Å². The van der Waals surface area contributed by atoms with Crippen LogP contribution in [0.15, 0.2) is 18.2 Å². The summed E-state index contributed by atoms with van der Waals surface area (Å²) in [5.74, 6) is 0.523. The van der Waals surface area contributed by atoms with E-state index in [9.17, 15) is 4.39 Å². The molecule has 0 aliphatic heterocycles. The maximum Gasteiger partial charge on any atom is 0.133 e. The molecule has 4 heteroatoms. The van der Waals surface area contributed by atoms with E-state index in [0.29, 0.717) is 10.2 Å². The van der Waals surface area contributed by atoms with Crippen LogP contribution in [-0.2, 0) is 0 Å². The Labute approximate surface area is 105 Å². The second-order valence-corrected chi connectivity index (χ2v) is 4.43. The molecule has 1 heterocycles. The van der Waals surface area contributed by atoms with Crippen LogP contribution in [0.4, 0.5) is 4.39 Å². The van der Waals surface area contributed by atoms with Crippen molar-refractivity contribution in [2.45, 2.75) is 20.8 Å². The van der Waals surface area contributed by atoms with Gasteiger partial charge in [0, 0.05) is 11.1 Å². The smallest absolute Gasteiger partial charge is 0.133 e. The molecule has 0 spiro atoms. The van der Waals surface area contributed by atoms with Gasteiger partial charge in [-0.3, -0.25) is 0 Å². The fourth-order valence-corrected chi connectivity index (χ4v) is 2.03. The fraction of sp³-hybridized carbons (Fsp3) is 0.231. The molecule has 88 valence electrons. The topological polar surface area (TPSA) is 28.7 Å². The number of hydrogen-bond acceptors (Lipinski definition) is 2. The molecule has 2 nitrogen and oxygen atoms in total. The van der Waals surface area contributed by atoms with Crippen LogP contribution in [0.25, 0.3) is 11.3 Å². The first-order valence-electron chi connectivity index (χ1n) is 5.33. The van der Waals surface area contributed by atoms with Gasteiger partial charge < -0.3 is 4.98 Å². The number of aryl methyl sites for hydroxylation is 1. The van der Waals surface area contributed by atoms with E-state index in [-0.39, 0.29) is 5.82 Å². The van der Waals surface area contributed by atoms with Crippen LogP contribution < -0.4 is 0 Å². The molecule has 0 fully saturated rings. The first kappa shape index (κ1) is 11.9. The van der Waals surface area contributed by atoms with E-state index < -0.39 is 0 Å². The van der Waals surface area contributed by atoms with Gasteiger partial charge in [-0.1, -0.05) is 24.4 Å². The minimum absolute atomic E-state index is 0.212. The summed E-state index contributed by atoms with van der Waals surface area (Å²) in [4.78, 5) is 7.33. The molecule has 0 atom stereocenters. The quantitative estimate of drug-likeness (QED) is 0.776. The Kier molecular flexibility index (Phi) is 3.07. The van der Waals surface area contributed by atoms with Crippen LogP contribution in [-0.4, -0.2) is 9.97 Å². The van der Waals surface area contributed by atoms with Crippen LogP contribution in [0.5, 0.6) is 0 Å². The number of halogens is 1. The van der Waals surface area contributed by atoms with E-state index in [2.05, 4.69) is 9.97 Å². The van der Waals surface area contributed by atoms with Crippen LogP contribution in [0.2, 0.25) is 0 Å². The highest BCUT2D eigenvalue weighted by Crippen LogP contribution is 2.26. The Balaban J connectivity index is 2.77.